The average Bonchev–Trinajstić information content (AvgIpc) is 3.09. The van der Waals surface area contributed by atoms with Crippen LogP contribution in [0, 0.1) is 0 Å². The Balaban J connectivity index is 0.00000225. The molecule has 1 fully saturated rings. The molecule has 25 heavy (non-hydrogen) atoms. The molecule has 1 aliphatic rings. The minimum atomic E-state index is -4.23. The summed E-state index contributed by atoms with van der Waals surface area (Å²) in [6, 6.07) is 1.98. The number of nitrogens with zero attached hydrogens (tertiary/aromatic N) is 3. The fraction of sp³-hybridized carbons (Fsp3) is 0.600. The van der Waals surface area contributed by atoms with Gasteiger partial charge in [-0.15, -0.1) is 23.7 Å². The topological polar surface area (TPSA) is 67.1 Å². The summed E-state index contributed by atoms with van der Waals surface area (Å²) in [4.78, 5) is 11.6. The Morgan fingerprint density at radius 1 is 1.36 bits per heavy atom. The zero-order valence-corrected chi connectivity index (χ0v) is 15.6. The van der Waals surface area contributed by atoms with Gasteiger partial charge < -0.3 is 16.0 Å². The fourth-order valence-electron chi connectivity index (χ4n) is 3.14. The lowest BCUT2D eigenvalue weighted by molar-refractivity contribution is -0.126. The van der Waals surface area contributed by atoms with Crippen LogP contribution in [-0.4, -0.2) is 42.3 Å². The molecule has 0 aromatic carbocycles. The van der Waals surface area contributed by atoms with E-state index in [1.165, 1.54) is 0 Å². The first kappa shape index (κ1) is 20.0. The molecule has 0 aliphatic heterocycles. The summed E-state index contributed by atoms with van der Waals surface area (Å²) in [5.74, 6) is 1.07. The Morgan fingerprint density at radius 3 is 2.64 bits per heavy atom. The van der Waals surface area contributed by atoms with Crippen molar-refractivity contribution in [2.75, 3.05) is 24.3 Å². The van der Waals surface area contributed by atoms with Crippen LogP contribution >= 0.6 is 23.7 Å². The molecule has 5 nitrogen and oxygen atoms in total. The predicted octanol–water partition coefficient (Wildman–Crippen LogP) is 3.58. The number of thiophene rings is 1. The van der Waals surface area contributed by atoms with Crippen LogP contribution in [0.4, 0.5) is 24.9 Å². The van der Waals surface area contributed by atoms with Gasteiger partial charge in [0.05, 0.1) is 11.8 Å². The maximum atomic E-state index is 12.7. The molecule has 140 valence electrons. The second kappa shape index (κ2) is 7.51. The fourth-order valence-corrected chi connectivity index (χ4v) is 4.19. The van der Waals surface area contributed by atoms with Crippen molar-refractivity contribution in [3.63, 3.8) is 0 Å². The van der Waals surface area contributed by atoms with Crippen LogP contribution in [0.25, 0.3) is 10.2 Å². The first-order valence-electron chi connectivity index (χ1n) is 7.80. The largest absolute Gasteiger partial charge is 0.393 e. The summed E-state index contributed by atoms with van der Waals surface area (Å²) >= 11 is 1.07. The molecule has 1 aliphatic carbocycles. The third-order valence-electron chi connectivity index (χ3n) is 4.35. The zero-order valence-electron chi connectivity index (χ0n) is 13.9. The summed E-state index contributed by atoms with van der Waals surface area (Å²) < 4.78 is 38.1. The second-order valence-electron chi connectivity index (χ2n) is 6.18. The highest BCUT2D eigenvalue weighted by atomic mass is 35.5. The molecular weight excluding hydrogens is 375 g/mol. The summed E-state index contributed by atoms with van der Waals surface area (Å²) in [5.41, 5.74) is 5.99. The van der Waals surface area contributed by atoms with Crippen molar-refractivity contribution in [3.8, 4) is 0 Å². The van der Waals surface area contributed by atoms with E-state index in [2.05, 4.69) is 15.3 Å². The van der Waals surface area contributed by atoms with Crippen molar-refractivity contribution < 1.29 is 13.2 Å². The molecule has 10 heteroatoms. The number of halogens is 4. The van der Waals surface area contributed by atoms with Crippen LogP contribution in [0.2, 0.25) is 0 Å². The number of rotatable bonds is 4. The lowest BCUT2D eigenvalue weighted by atomic mass is 10.2. The number of fused-ring (bicyclic) bond motifs is 1. The smallest absolute Gasteiger partial charge is 0.357 e. The molecule has 2 heterocycles. The molecule has 2 aromatic rings. The molecule has 0 unspecified atom stereocenters. The first-order chi connectivity index (χ1) is 11.3. The van der Waals surface area contributed by atoms with Crippen molar-refractivity contribution in [2.24, 2.45) is 5.73 Å². The van der Waals surface area contributed by atoms with E-state index in [1.54, 1.807) is 13.1 Å². The minimum absolute atomic E-state index is 0. The molecule has 0 spiro atoms. The molecule has 0 amide bonds. The normalized spacial score (nSPS) is 20.6. The van der Waals surface area contributed by atoms with Crippen LogP contribution in [0.3, 0.4) is 0 Å². The predicted molar refractivity (Wildman–Crippen MR) is 98.0 cm³/mol. The van der Waals surface area contributed by atoms with Crippen molar-refractivity contribution in [1.29, 1.82) is 0 Å². The van der Waals surface area contributed by atoms with E-state index in [-0.39, 0.29) is 29.4 Å². The molecule has 2 aromatic heterocycles. The van der Waals surface area contributed by atoms with Gasteiger partial charge in [0.1, 0.15) is 10.6 Å². The van der Waals surface area contributed by atoms with Gasteiger partial charge in [0, 0.05) is 31.1 Å². The van der Waals surface area contributed by atoms with Gasteiger partial charge in [-0.1, -0.05) is 0 Å². The summed E-state index contributed by atoms with van der Waals surface area (Å²) in [6.45, 7) is 0. The van der Waals surface area contributed by atoms with E-state index in [4.69, 9.17) is 5.73 Å². The number of anilines is 2. The zero-order chi connectivity index (χ0) is 17.5. The van der Waals surface area contributed by atoms with Crippen molar-refractivity contribution >= 4 is 45.7 Å². The highest BCUT2D eigenvalue weighted by molar-refractivity contribution is 7.18. The molecule has 1 saturated carbocycles. The average molecular weight is 396 g/mol. The van der Waals surface area contributed by atoms with Gasteiger partial charge in [-0.3, -0.25) is 0 Å². The van der Waals surface area contributed by atoms with E-state index in [0.717, 1.165) is 30.6 Å². The maximum Gasteiger partial charge on any atom is 0.393 e. The van der Waals surface area contributed by atoms with E-state index < -0.39 is 12.6 Å². The van der Waals surface area contributed by atoms with Gasteiger partial charge in [0.15, 0.2) is 0 Å². The Hall–Kier alpha value is -1.32. The number of hydrogen-bond acceptors (Lipinski definition) is 6. The minimum Gasteiger partial charge on any atom is -0.357 e. The summed E-state index contributed by atoms with van der Waals surface area (Å²) in [7, 11) is 3.62. The summed E-state index contributed by atoms with van der Waals surface area (Å²) in [5, 5.41) is 3.55. The van der Waals surface area contributed by atoms with E-state index >= 15 is 0 Å². The van der Waals surface area contributed by atoms with Gasteiger partial charge >= 0.3 is 6.18 Å². The van der Waals surface area contributed by atoms with Gasteiger partial charge in [-0.2, -0.15) is 18.2 Å². The molecule has 3 N–H and O–H groups in total. The summed E-state index contributed by atoms with van der Waals surface area (Å²) in [6.07, 6.45) is -2.41. The maximum absolute atomic E-state index is 12.7. The van der Waals surface area contributed by atoms with Crippen molar-refractivity contribution in [1.82, 2.24) is 9.97 Å². The Labute approximate surface area is 154 Å². The lowest BCUT2D eigenvalue weighted by Crippen LogP contribution is -2.31. The van der Waals surface area contributed by atoms with Crippen molar-refractivity contribution in [2.45, 2.75) is 43.9 Å². The van der Waals surface area contributed by atoms with Crippen LogP contribution in [0.1, 0.15) is 24.1 Å². The van der Waals surface area contributed by atoms with Gasteiger partial charge in [0.25, 0.3) is 0 Å². The highest BCUT2D eigenvalue weighted by Gasteiger charge is 2.31. The highest BCUT2D eigenvalue weighted by Crippen LogP contribution is 2.36. The number of aromatic nitrogens is 2. The standard InChI is InChI=1S/C15H20F3N5S.ClH/c1-20-14-21-12(23(2)9-4-3-8(19)5-9)11-6-10(7-15(16,17)18)24-13(11)22-14;/h6,8-9H,3-5,7,19H2,1-2H3,(H,20,21,22);1H/t8-,9+;/m0./s1. The molecule has 0 saturated heterocycles. The number of nitrogens with two attached hydrogens (primary N) is 1. The number of hydrogen-bond donors (Lipinski definition) is 2. The SMILES string of the molecule is CNc1nc(N(C)[C@@H]2CC[C@H](N)C2)c2cc(CC(F)(F)F)sc2n1.Cl. The Bertz CT molecular complexity index is 736. The van der Waals surface area contributed by atoms with Gasteiger partial charge in [-0.25, -0.2) is 4.98 Å². The Morgan fingerprint density at radius 2 is 2.08 bits per heavy atom. The second-order valence-corrected chi connectivity index (χ2v) is 7.30. The Kier molecular flexibility index (Phi) is 6.01. The van der Waals surface area contributed by atoms with Crippen LogP contribution in [0.15, 0.2) is 6.07 Å². The van der Waals surface area contributed by atoms with Gasteiger partial charge in [-0.05, 0) is 25.3 Å². The van der Waals surface area contributed by atoms with E-state index in [0.29, 0.717) is 22.0 Å². The molecule has 2 atom stereocenters. The van der Waals surface area contributed by atoms with Crippen molar-refractivity contribution in [3.05, 3.63) is 10.9 Å². The van der Waals surface area contributed by atoms with Crippen LogP contribution in [-0.2, 0) is 6.42 Å². The quantitative estimate of drug-likeness (QED) is 0.828. The number of alkyl halides is 3. The number of nitrogens with one attached hydrogen (secondary N) is 1. The van der Waals surface area contributed by atoms with E-state index in [9.17, 15) is 13.2 Å². The monoisotopic (exact) mass is 395 g/mol. The molecule has 3 rings (SSSR count). The third kappa shape index (κ3) is 4.45. The third-order valence-corrected chi connectivity index (χ3v) is 5.38. The van der Waals surface area contributed by atoms with Gasteiger partial charge in [0.2, 0.25) is 5.95 Å². The van der Waals surface area contributed by atoms with E-state index in [1.807, 2.05) is 11.9 Å². The molecule has 0 radical (unpaired) electrons. The molecular formula is C15H21ClF3N5S. The molecule has 0 bridgehead atoms. The first-order valence-corrected chi connectivity index (χ1v) is 8.62. The van der Waals surface area contributed by atoms with Crippen LogP contribution < -0.4 is 16.0 Å². The lowest BCUT2D eigenvalue weighted by Gasteiger charge is -2.26. The van der Waals surface area contributed by atoms with Crippen LogP contribution in [0.5, 0.6) is 0 Å².